The lowest BCUT2D eigenvalue weighted by Gasteiger charge is -1.98. The number of thiazole rings is 1. The third-order valence-electron chi connectivity index (χ3n) is 1.78. The zero-order valence-corrected chi connectivity index (χ0v) is 11.6. The van der Waals surface area contributed by atoms with Crippen molar-refractivity contribution in [3.05, 3.63) is 36.3 Å². The number of aromatic nitrogens is 1. The van der Waals surface area contributed by atoms with Gasteiger partial charge in [0.15, 0.2) is 0 Å². The number of thiophene rings is 1. The molecule has 0 aromatic carbocycles. The Morgan fingerprint density at radius 3 is 2.93 bits per heavy atom. The molecule has 80 valence electrons. The second kappa shape index (κ2) is 5.41. The highest BCUT2D eigenvalue weighted by Crippen LogP contribution is 2.31. The zero-order chi connectivity index (χ0) is 10.7. The van der Waals surface area contributed by atoms with Crippen LogP contribution in [0.15, 0.2) is 21.4 Å². The van der Waals surface area contributed by atoms with Crippen LogP contribution in [0.4, 0.5) is 0 Å². The zero-order valence-electron chi connectivity index (χ0n) is 7.67. The van der Waals surface area contributed by atoms with Gasteiger partial charge < -0.3 is 5.32 Å². The fourth-order valence-corrected chi connectivity index (χ4v) is 3.44. The van der Waals surface area contributed by atoms with Crippen LogP contribution in [0, 0.1) is 0 Å². The molecular weight excluding hydrogens is 316 g/mol. The fourth-order valence-electron chi connectivity index (χ4n) is 1.12. The molecule has 2 aromatic heterocycles. The maximum Gasteiger partial charge on any atom is 0.107 e. The molecule has 0 spiro atoms. The first-order chi connectivity index (χ1) is 7.25. The summed E-state index contributed by atoms with van der Waals surface area (Å²) in [4.78, 5) is 5.42. The van der Waals surface area contributed by atoms with Gasteiger partial charge in [-0.1, -0.05) is 11.6 Å². The smallest absolute Gasteiger partial charge is 0.107 e. The molecule has 0 aliphatic heterocycles. The van der Waals surface area contributed by atoms with Gasteiger partial charge in [0, 0.05) is 27.8 Å². The molecule has 0 aliphatic carbocycles. The molecule has 0 unspecified atom stereocenters. The van der Waals surface area contributed by atoms with Crippen molar-refractivity contribution >= 4 is 50.2 Å². The van der Waals surface area contributed by atoms with Crippen LogP contribution in [0.2, 0.25) is 4.34 Å². The Balaban J connectivity index is 1.83. The average Bonchev–Trinajstić information content (AvgIpc) is 2.79. The van der Waals surface area contributed by atoms with Crippen LogP contribution < -0.4 is 5.32 Å². The predicted molar refractivity (Wildman–Crippen MR) is 69.7 cm³/mol. The normalized spacial score (nSPS) is 10.8. The summed E-state index contributed by atoms with van der Waals surface area (Å²) in [7, 11) is 0. The van der Waals surface area contributed by atoms with E-state index in [1.165, 1.54) is 4.88 Å². The third kappa shape index (κ3) is 3.26. The molecule has 15 heavy (non-hydrogen) atoms. The first-order valence-electron chi connectivity index (χ1n) is 4.27. The van der Waals surface area contributed by atoms with E-state index >= 15 is 0 Å². The monoisotopic (exact) mass is 322 g/mol. The molecule has 2 aromatic rings. The maximum absolute atomic E-state index is 5.94. The standard InChI is InChI=1S/C9H8BrClN2S2/c10-8-1-7(15-9(8)11)3-12-2-6-4-14-5-13-6/h1,4-5,12H,2-3H2. The third-order valence-corrected chi connectivity index (χ3v) is 4.89. The summed E-state index contributed by atoms with van der Waals surface area (Å²) < 4.78 is 1.78. The second-order valence-electron chi connectivity index (χ2n) is 2.92. The summed E-state index contributed by atoms with van der Waals surface area (Å²) in [6.45, 7) is 1.63. The number of nitrogens with one attached hydrogen (secondary N) is 1. The van der Waals surface area contributed by atoms with E-state index in [2.05, 4.69) is 26.2 Å². The van der Waals surface area contributed by atoms with E-state index in [9.17, 15) is 0 Å². The Labute approximate surface area is 109 Å². The molecule has 2 nitrogen and oxygen atoms in total. The number of nitrogens with zero attached hydrogens (tertiary/aromatic N) is 1. The van der Waals surface area contributed by atoms with Gasteiger partial charge in [-0.15, -0.1) is 22.7 Å². The summed E-state index contributed by atoms with van der Waals surface area (Å²) in [6, 6.07) is 2.04. The van der Waals surface area contributed by atoms with Gasteiger partial charge in [-0.25, -0.2) is 4.98 Å². The van der Waals surface area contributed by atoms with Crippen LogP contribution in [0.3, 0.4) is 0 Å². The van der Waals surface area contributed by atoms with E-state index in [0.29, 0.717) is 0 Å². The summed E-state index contributed by atoms with van der Waals surface area (Å²) in [5.74, 6) is 0. The molecule has 2 rings (SSSR count). The SMILES string of the molecule is Clc1sc(CNCc2cscn2)cc1Br. The maximum atomic E-state index is 5.94. The molecule has 0 saturated heterocycles. The van der Waals surface area contributed by atoms with E-state index in [1.807, 2.05) is 17.0 Å². The molecule has 0 atom stereocenters. The van der Waals surface area contributed by atoms with Crippen molar-refractivity contribution in [1.29, 1.82) is 0 Å². The Bertz CT molecular complexity index is 408. The van der Waals surface area contributed by atoms with E-state index in [1.54, 1.807) is 22.7 Å². The molecule has 6 heteroatoms. The predicted octanol–water partition coefficient (Wildman–Crippen LogP) is 3.91. The summed E-state index contributed by atoms with van der Waals surface area (Å²) in [5.41, 5.74) is 2.93. The molecule has 0 aliphatic rings. The number of hydrogen-bond donors (Lipinski definition) is 1. The molecule has 2 heterocycles. The second-order valence-corrected chi connectivity index (χ2v) is 6.23. The van der Waals surface area contributed by atoms with E-state index in [0.717, 1.165) is 27.6 Å². The van der Waals surface area contributed by atoms with Crippen LogP contribution in [0.25, 0.3) is 0 Å². The minimum absolute atomic E-state index is 0.802. The largest absolute Gasteiger partial charge is 0.306 e. The first kappa shape index (κ1) is 11.5. The van der Waals surface area contributed by atoms with Crippen LogP contribution >= 0.6 is 50.2 Å². The fraction of sp³-hybridized carbons (Fsp3) is 0.222. The molecule has 1 N–H and O–H groups in total. The summed E-state index contributed by atoms with van der Waals surface area (Å²) >= 11 is 12.5. The van der Waals surface area contributed by atoms with Crippen molar-refractivity contribution in [3.63, 3.8) is 0 Å². The van der Waals surface area contributed by atoms with Crippen molar-refractivity contribution in [1.82, 2.24) is 10.3 Å². The average molecular weight is 324 g/mol. The van der Waals surface area contributed by atoms with Crippen LogP contribution in [-0.2, 0) is 13.1 Å². The minimum Gasteiger partial charge on any atom is -0.306 e. The van der Waals surface area contributed by atoms with Crippen LogP contribution in [-0.4, -0.2) is 4.98 Å². The van der Waals surface area contributed by atoms with Crippen molar-refractivity contribution in [2.75, 3.05) is 0 Å². The molecule has 0 saturated carbocycles. The first-order valence-corrected chi connectivity index (χ1v) is 7.20. The Morgan fingerprint density at radius 2 is 2.33 bits per heavy atom. The van der Waals surface area contributed by atoms with Gasteiger partial charge in [0.1, 0.15) is 4.34 Å². The van der Waals surface area contributed by atoms with Gasteiger partial charge >= 0.3 is 0 Å². The Kier molecular flexibility index (Phi) is 4.16. The van der Waals surface area contributed by atoms with Gasteiger partial charge in [-0.05, 0) is 22.0 Å². The van der Waals surface area contributed by atoms with Gasteiger partial charge in [-0.3, -0.25) is 0 Å². The number of rotatable bonds is 4. The van der Waals surface area contributed by atoms with E-state index in [-0.39, 0.29) is 0 Å². The highest BCUT2D eigenvalue weighted by atomic mass is 79.9. The van der Waals surface area contributed by atoms with Crippen molar-refractivity contribution in [2.24, 2.45) is 0 Å². The topological polar surface area (TPSA) is 24.9 Å². The summed E-state index contributed by atoms with van der Waals surface area (Å²) in [5, 5.41) is 5.37. The Morgan fingerprint density at radius 1 is 1.47 bits per heavy atom. The van der Waals surface area contributed by atoms with Gasteiger partial charge in [0.25, 0.3) is 0 Å². The molecule has 0 bridgehead atoms. The summed E-state index contributed by atoms with van der Waals surface area (Å²) in [6.07, 6.45) is 0. The lowest BCUT2D eigenvalue weighted by atomic mass is 10.4. The lowest BCUT2D eigenvalue weighted by Crippen LogP contribution is -2.11. The minimum atomic E-state index is 0.802. The highest BCUT2D eigenvalue weighted by Gasteiger charge is 2.03. The van der Waals surface area contributed by atoms with Crippen LogP contribution in [0.5, 0.6) is 0 Å². The number of hydrogen-bond acceptors (Lipinski definition) is 4. The van der Waals surface area contributed by atoms with Crippen molar-refractivity contribution < 1.29 is 0 Å². The quantitative estimate of drug-likeness (QED) is 0.922. The van der Waals surface area contributed by atoms with Crippen LogP contribution in [0.1, 0.15) is 10.6 Å². The number of halogens is 2. The molecule has 0 fully saturated rings. The molecule has 0 amide bonds. The van der Waals surface area contributed by atoms with Gasteiger partial charge in [-0.2, -0.15) is 0 Å². The lowest BCUT2D eigenvalue weighted by molar-refractivity contribution is 0.689. The van der Waals surface area contributed by atoms with E-state index < -0.39 is 0 Å². The highest BCUT2D eigenvalue weighted by molar-refractivity contribution is 9.10. The van der Waals surface area contributed by atoms with E-state index in [4.69, 9.17) is 11.6 Å². The van der Waals surface area contributed by atoms with Gasteiger partial charge in [0.2, 0.25) is 0 Å². The molecular formula is C9H8BrClN2S2. The Hall–Kier alpha value is 0.0600. The van der Waals surface area contributed by atoms with Gasteiger partial charge in [0.05, 0.1) is 11.2 Å². The van der Waals surface area contributed by atoms with Crippen molar-refractivity contribution in [3.8, 4) is 0 Å². The van der Waals surface area contributed by atoms with Crippen molar-refractivity contribution in [2.45, 2.75) is 13.1 Å². The molecule has 0 radical (unpaired) electrons.